The number of anilines is 1. The minimum atomic E-state index is -1.32. The first-order valence-corrected chi connectivity index (χ1v) is 7.80. The number of ether oxygens (including phenoxy) is 2. The molecule has 3 rings (SSSR count). The van der Waals surface area contributed by atoms with Crippen molar-refractivity contribution >= 4 is 17.7 Å². The predicted molar refractivity (Wildman–Crippen MR) is 84.3 cm³/mol. The Hall–Kier alpha value is -2.35. The fourth-order valence-corrected chi connectivity index (χ4v) is 3.09. The highest BCUT2D eigenvalue weighted by Crippen LogP contribution is 2.34. The second-order valence-corrected chi connectivity index (χ2v) is 6.11. The van der Waals surface area contributed by atoms with Gasteiger partial charge in [0, 0.05) is 13.1 Å². The summed E-state index contributed by atoms with van der Waals surface area (Å²) in [5.74, 6) is -1.12. The number of nitrogens with one attached hydrogen (secondary N) is 1. The van der Waals surface area contributed by atoms with E-state index in [0.29, 0.717) is 37.6 Å². The number of morpholine rings is 1. The maximum atomic E-state index is 14.6. The van der Waals surface area contributed by atoms with Crippen molar-refractivity contribution in [3.05, 3.63) is 29.6 Å². The van der Waals surface area contributed by atoms with Crippen molar-refractivity contribution in [2.24, 2.45) is 5.73 Å². The number of rotatable bonds is 4. The molecule has 2 unspecified atom stereocenters. The van der Waals surface area contributed by atoms with Crippen LogP contribution in [0, 0.1) is 5.82 Å². The van der Waals surface area contributed by atoms with Crippen LogP contribution in [0.1, 0.15) is 12.5 Å². The molecule has 0 aromatic heterocycles. The van der Waals surface area contributed by atoms with Crippen LogP contribution in [-0.2, 0) is 19.7 Å². The Labute approximate surface area is 138 Å². The van der Waals surface area contributed by atoms with Gasteiger partial charge in [-0.25, -0.2) is 9.18 Å². The molecule has 2 atom stereocenters. The van der Waals surface area contributed by atoms with Crippen LogP contribution in [0.2, 0.25) is 0 Å². The number of carbonyl (C=O) groups is 2. The maximum Gasteiger partial charge on any atom is 0.407 e. The molecule has 2 heterocycles. The summed E-state index contributed by atoms with van der Waals surface area (Å²) >= 11 is 0. The van der Waals surface area contributed by atoms with Gasteiger partial charge in [-0.05, 0) is 24.6 Å². The lowest BCUT2D eigenvalue weighted by Gasteiger charge is -2.33. The number of hydrogen-bond donors (Lipinski definition) is 2. The van der Waals surface area contributed by atoms with Crippen molar-refractivity contribution in [3.63, 3.8) is 0 Å². The minimum Gasteiger partial charge on any atom is -0.443 e. The lowest BCUT2D eigenvalue weighted by atomic mass is 9.76. The normalized spacial score (nSPS) is 23.3. The van der Waals surface area contributed by atoms with E-state index in [1.165, 1.54) is 6.07 Å². The molecule has 1 aromatic carbocycles. The number of benzene rings is 1. The molecule has 2 fully saturated rings. The lowest BCUT2D eigenvalue weighted by molar-refractivity contribution is -0.126. The number of nitrogens with two attached hydrogens (primary N) is 1. The van der Waals surface area contributed by atoms with E-state index in [4.69, 9.17) is 15.2 Å². The second-order valence-electron chi connectivity index (χ2n) is 6.11. The van der Waals surface area contributed by atoms with Gasteiger partial charge in [0.2, 0.25) is 5.91 Å². The molecule has 2 aliphatic heterocycles. The predicted octanol–water partition coefficient (Wildman–Crippen LogP) is 0.514. The van der Waals surface area contributed by atoms with Gasteiger partial charge in [0.15, 0.2) is 0 Å². The SMILES string of the molecule is CC(C(N)=O)(c1ccc(N2CCOCC2)c(F)c1)C1CNC(=O)O1. The standard InChI is InChI=1S/C16H20FN3O4/c1-16(14(18)21,13-9-19-15(22)24-13)10-2-3-12(11(17)8-10)20-4-6-23-7-5-20/h2-3,8,13H,4-7,9H2,1H3,(H2,18,21)(H,19,22). The smallest absolute Gasteiger partial charge is 0.407 e. The maximum absolute atomic E-state index is 14.6. The third-order valence-corrected chi connectivity index (χ3v) is 4.74. The van der Waals surface area contributed by atoms with Gasteiger partial charge in [0.1, 0.15) is 17.3 Å². The van der Waals surface area contributed by atoms with Crippen LogP contribution in [0.25, 0.3) is 0 Å². The van der Waals surface area contributed by atoms with Crippen molar-refractivity contribution in [1.29, 1.82) is 0 Å². The van der Waals surface area contributed by atoms with E-state index in [1.807, 2.05) is 4.90 Å². The van der Waals surface area contributed by atoms with Gasteiger partial charge in [-0.2, -0.15) is 0 Å². The van der Waals surface area contributed by atoms with Crippen LogP contribution in [0.5, 0.6) is 0 Å². The minimum absolute atomic E-state index is 0.144. The van der Waals surface area contributed by atoms with Crippen molar-refractivity contribution < 1.29 is 23.5 Å². The molecule has 1 aromatic rings. The van der Waals surface area contributed by atoms with Crippen molar-refractivity contribution in [3.8, 4) is 0 Å². The van der Waals surface area contributed by atoms with Crippen LogP contribution in [0.3, 0.4) is 0 Å². The molecule has 0 aliphatic carbocycles. The number of amides is 2. The van der Waals surface area contributed by atoms with Crippen LogP contribution in [0.15, 0.2) is 18.2 Å². The molecule has 3 N–H and O–H groups in total. The van der Waals surface area contributed by atoms with Gasteiger partial charge in [0.05, 0.1) is 25.4 Å². The molecule has 0 radical (unpaired) electrons. The Morgan fingerprint density at radius 3 is 2.67 bits per heavy atom. The van der Waals surface area contributed by atoms with Crippen molar-refractivity contribution in [2.45, 2.75) is 18.4 Å². The highest BCUT2D eigenvalue weighted by atomic mass is 19.1. The first kappa shape index (κ1) is 16.5. The first-order chi connectivity index (χ1) is 11.4. The lowest BCUT2D eigenvalue weighted by Crippen LogP contribution is -2.49. The number of nitrogens with zero attached hydrogens (tertiary/aromatic N) is 1. The van der Waals surface area contributed by atoms with Gasteiger partial charge in [-0.1, -0.05) is 6.07 Å². The quantitative estimate of drug-likeness (QED) is 0.835. The fraction of sp³-hybridized carbons (Fsp3) is 0.500. The molecule has 0 saturated carbocycles. The molecule has 24 heavy (non-hydrogen) atoms. The molecule has 7 nitrogen and oxygen atoms in total. The van der Waals surface area contributed by atoms with Crippen molar-refractivity contribution in [2.75, 3.05) is 37.7 Å². The number of alkyl carbamates (subject to hydrolysis) is 1. The van der Waals surface area contributed by atoms with Gasteiger partial charge in [-0.3, -0.25) is 4.79 Å². The van der Waals surface area contributed by atoms with Crippen LogP contribution >= 0.6 is 0 Å². The van der Waals surface area contributed by atoms with E-state index in [0.717, 1.165) is 0 Å². The number of hydrogen-bond acceptors (Lipinski definition) is 5. The molecule has 2 aliphatic rings. The Morgan fingerprint density at radius 2 is 2.12 bits per heavy atom. The Balaban J connectivity index is 1.93. The summed E-state index contributed by atoms with van der Waals surface area (Å²) in [6.45, 7) is 4.00. The summed E-state index contributed by atoms with van der Waals surface area (Å²) in [7, 11) is 0. The first-order valence-electron chi connectivity index (χ1n) is 7.80. The van der Waals surface area contributed by atoms with Gasteiger partial charge in [-0.15, -0.1) is 0 Å². The summed E-state index contributed by atoms with van der Waals surface area (Å²) in [4.78, 5) is 25.3. The third-order valence-electron chi connectivity index (χ3n) is 4.74. The van der Waals surface area contributed by atoms with Gasteiger partial charge >= 0.3 is 6.09 Å². The average Bonchev–Trinajstić information content (AvgIpc) is 3.01. The highest BCUT2D eigenvalue weighted by Gasteiger charge is 2.47. The Morgan fingerprint density at radius 1 is 1.42 bits per heavy atom. The third kappa shape index (κ3) is 2.77. The van der Waals surface area contributed by atoms with Crippen LogP contribution in [-0.4, -0.2) is 51.0 Å². The summed E-state index contributed by atoms with van der Waals surface area (Å²) in [6, 6.07) is 4.58. The molecule has 0 bridgehead atoms. The number of cyclic esters (lactones) is 1. The monoisotopic (exact) mass is 337 g/mol. The second kappa shape index (κ2) is 6.27. The number of primary amides is 1. The van der Waals surface area contributed by atoms with E-state index in [-0.39, 0.29) is 6.54 Å². The van der Waals surface area contributed by atoms with Crippen LogP contribution < -0.4 is 16.0 Å². The van der Waals surface area contributed by atoms with E-state index in [2.05, 4.69) is 5.32 Å². The number of halogens is 1. The fourth-order valence-electron chi connectivity index (χ4n) is 3.09. The summed E-state index contributed by atoms with van der Waals surface area (Å²) in [5.41, 5.74) is 5.07. The van der Waals surface area contributed by atoms with E-state index in [1.54, 1.807) is 19.1 Å². The Bertz CT molecular complexity index is 663. The van der Waals surface area contributed by atoms with Crippen LogP contribution in [0.4, 0.5) is 14.9 Å². The summed E-state index contributed by atoms with van der Waals surface area (Å²) < 4.78 is 25.0. The largest absolute Gasteiger partial charge is 0.443 e. The molecule has 130 valence electrons. The van der Waals surface area contributed by atoms with Gasteiger partial charge < -0.3 is 25.4 Å². The zero-order valence-electron chi connectivity index (χ0n) is 13.4. The summed E-state index contributed by atoms with van der Waals surface area (Å²) in [6.07, 6.45) is -1.39. The van der Waals surface area contributed by atoms with E-state index < -0.39 is 29.3 Å². The molecular weight excluding hydrogens is 317 g/mol. The van der Waals surface area contributed by atoms with Crippen molar-refractivity contribution in [1.82, 2.24) is 5.32 Å². The molecule has 0 spiro atoms. The average molecular weight is 337 g/mol. The van der Waals surface area contributed by atoms with E-state index >= 15 is 0 Å². The van der Waals surface area contributed by atoms with E-state index in [9.17, 15) is 14.0 Å². The topological polar surface area (TPSA) is 93.9 Å². The number of carbonyl (C=O) groups excluding carboxylic acids is 2. The molecule has 8 heteroatoms. The molecule has 2 saturated heterocycles. The molecular formula is C16H20FN3O4. The highest BCUT2D eigenvalue weighted by molar-refractivity contribution is 5.88. The Kier molecular flexibility index (Phi) is 4.31. The summed E-state index contributed by atoms with van der Waals surface area (Å²) in [5, 5.41) is 2.49. The van der Waals surface area contributed by atoms with Gasteiger partial charge in [0.25, 0.3) is 0 Å². The molecule has 2 amide bonds. The zero-order valence-corrected chi connectivity index (χ0v) is 13.4. The zero-order chi connectivity index (χ0) is 17.3.